The van der Waals surface area contributed by atoms with Gasteiger partial charge in [0.2, 0.25) is 0 Å². The molecule has 0 aromatic heterocycles. The van der Waals surface area contributed by atoms with E-state index >= 15 is 0 Å². The van der Waals surface area contributed by atoms with Crippen LogP contribution in [0.15, 0.2) is 48.5 Å². The van der Waals surface area contributed by atoms with Crippen molar-refractivity contribution in [1.82, 2.24) is 0 Å². The van der Waals surface area contributed by atoms with Crippen molar-refractivity contribution in [1.29, 1.82) is 0 Å². The highest BCUT2D eigenvalue weighted by Crippen LogP contribution is 2.18. The van der Waals surface area contributed by atoms with E-state index < -0.39 is 11.9 Å². The van der Waals surface area contributed by atoms with E-state index in [1.54, 1.807) is 24.3 Å². The molecule has 0 bridgehead atoms. The van der Waals surface area contributed by atoms with Gasteiger partial charge in [0.15, 0.2) is 0 Å². The van der Waals surface area contributed by atoms with Crippen LogP contribution in [0.25, 0.3) is 0 Å². The molecule has 0 heterocycles. The zero-order valence-electron chi connectivity index (χ0n) is 12.7. The average molecular weight is 298 g/mol. The highest BCUT2D eigenvalue weighted by Gasteiger charge is 2.12. The number of carbonyl (C=O) groups excluding carboxylic acids is 2. The Bertz CT molecular complexity index is 617. The van der Waals surface area contributed by atoms with Crippen LogP contribution in [-0.2, 0) is 9.59 Å². The number of para-hydroxylation sites is 2. The summed E-state index contributed by atoms with van der Waals surface area (Å²) in [5.74, 6) is 0.131. The molecule has 0 spiro atoms. The zero-order chi connectivity index (χ0) is 15.9. The predicted molar refractivity (Wildman–Crippen MR) is 82.9 cm³/mol. The minimum atomic E-state index is -0.448. The Balaban J connectivity index is 1.82. The van der Waals surface area contributed by atoms with Crippen LogP contribution in [0.3, 0.4) is 0 Å². The number of benzene rings is 2. The van der Waals surface area contributed by atoms with Crippen molar-refractivity contribution in [3.05, 3.63) is 59.7 Å². The summed E-state index contributed by atoms with van der Waals surface area (Å²) in [4.78, 5) is 23.5. The fourth-order valence-corrected chi connectivity index (χ4v) is 1.89. The maximum Gasteiger partial charge on any atom is 0.311 e. The maximum atomic E-state index is 11.8. The van der Waals surface area contributed by atoms with E-state index in [9.17, 15) is 9.59 Å². The second-order valence-corrected chi connectivity index (χ2v) is 4.98. The van der Waals surface area contributed by atoms with Crippen LogP contribution in [0.4, 0.5) is 0 Å². The van der Waals surface area contributed by atoms with Gasteiger partial charge in [0, 0.05) is 0 Å². The number of rotatable bonds is 5. The molecule has 0 aliphatic carbocycles. The van der Waals surface area contributed by atoms with Gasteiger partial charge in [-0.3, -0.25) is 9.59 Å². The van der Waals surface area contributed by atoms with Crippen molar-refractivity contribution in [2.75, 3.05) is 0 Å². The smallest absolute Gasteiger partial charge is 0.311 e. The van der Waals surface area contributed by atoms with Gasteiger partial charge in [-0.05, 0) is 37.1 Å². The second kappa shape index (κ2) is 7.41. The van der Waals surface area contributed by atoms with Gasteiger partial charge in [-0.1, -0.05) is 36.4 Å². The quantitative estimate of drug-likeness (QED) is 0.625. The molecule has 114 valence electrons. The third-order valence-electron chi connectivity index (χ3n) is 3.17. The summed E-state index contributed by atoms with van der Waals surface area (Å²) in [7, 11) is 0. The summed E-state index contributed by atoms with van der Waals surface area (Å²) in [6, 6.07) is 14.5. The number of hydrogen-bond donors (Lipinski definition) is 0. The molecule has 0 unspecified atom stereocenters. The third kappa shape index (κ3) is 4.45. The van der Waals surface area contributed by atoms with Gasteiger partial charge in [0.25, 0.3) is 0 Å². The van der Waals surface area contributed by atoms with Gasteiger partial charge in [-0.15, -0.1) is 0 Å². The Morgan fingerprint density at radius 2 is 1.09 bits per heavy atom. The standard InChI is InChI=1S/C18H18O4/c1-13-7-3-5-9-15(13)21-17(19)11-12-18(20)22-16-10-6-4-8-14(16)2/h3-10H,11-12H2,1-2H3. The zero-order valence-corrected chi connectivity index (χ0v) is 12.7. The Labute approximate surface area is 129 Å². The van der Waals surface area contributed by atoms with E-state index in [2.05, 4.69) is 0 Å². The van der Waals surface area contributed by atoms with E-state index in [-0.39, 0.29) is 12.8 Å². The molecule has 4 nitrogen and oxygen atoms in total. The monoisotopic (exact) mass is 298 g/mol. The molecule has 2 aromatic rings. The van der Waals surface area contributed by atoms with Gasteiger partial charge < -0.3 is 9.47 Å². The van der Waals surface area contributed by atoms with Crippen molar-refractivity contribution in [2.45, 2.75) is 26.7 Å². The number of aryl methyl sites for hydroxylation is 2. The first-order valence-corrected chi connectivity index (χ1v) is 7.09. The summed E-state index contributed by atoms with van der Waals surface area (Å²) >= 11 is 0. The Kier molecular flexibility index (Phi) is 5.31. The van der Waals surface area contributed by atoms with E-state index in [0.717, 1.165) is 11.1 Å². The molecule has 0 radical (unpaired) electrons. The van der Waals surface area contributed by atoms with Crippen LogP contribution in [0.1, 0.15) is 24.0 Å². The minimum absolute atomic E-state index is 0.0148. The second-order valence-electron chi connectivity index (χ2n) is 4.98. The summed E-state index contributed by atoms with van der Waals surface area (Å²) in [5, 5.41) is 0. The van der Waals surface area contributed by atoms with E-state index in [1.165, 1.54) is 0 Å². The van der Waals surface area contributed by atoms with Gasteiger partial charge in [-0.25, -0.2) is 0 Å². The van der Waals surface area contributed by atoms with Crippen LogP contribution in [0, 0.1) is 13.8 Å². The molecule has 2 aromatic carbocycles. The Morgan fingerprint density at radius 1 is 0.727 bits per heavy atom. The van der Waals surface area contributed by atoms with E-state index in [1.807, 2.05) is 38.1 Å². The topological polar surface area (TPSA) is 52.6 Å². The lowest BCUT2D eigenvalue weighted by Crippen LogP contribution is -2.14. The molecule has 0 fully saturated rings. The van der Waals surface area contributed by atoms with Crippen molar-refractivity contribution in [3.8, 4) is 11.5 Å². The van der Waals surface area contributed by atoms with Crippen LogP contribution in [0.5, 0.6) is 11.5 Å². The molecule has 0 saturated carbocycles. The predicted octanol–water partition coefficient (Wildman–Crippen LogP) is 3.59. The molecule has 22 heavy (non-hydrogen) atoms. The highest BCUT2D eigenvalue weighted by atomic mass is 16.5. The van der Waals surface area contributed by atoms with E-state index in [4.69, 9.17) is 9.47 Å². The Hall–Kier alpha value is -2.62. The lowest BCUT2D eigenvalue weighted by molar-refractivity contribution is -0.140. The third-order valence-corrected chi connectivity index (χ3v) is 3.17. The van der Waals surface area contributed by atoms with Crippen molar-refractivity contribution < 1.29 is 19.1 Å². The molecule has 0 aliphatic heterocycles. The van der Waals surface area contributed by atoms with Crippen LogP contribution >= 0.6 is 0 Å². The molecule has 0 saturated heterocycles. The van der Waals surface area contributed by atoms with Crippen LogP contribution < -0.4 is 9.47 Å². The van der Waals surface area contributed by atoms with Gasteiger partial charge in [0.05, 0.1) is 12.8 Å². The van der Waals surface area contributed by atoms with Crippen molar-refractivity contribution in [3.63, 3.8) is 0 Å². The summed E-state index contributed by atoms with van der Waals surface area (Å²) in [6.07, 6.45) is -0.0297. The summed E-state index contributed by atoms with van der Waals surface area (Å²) < 4.78 is 10.4. The highest BCUT2D eigenvalue weighted by molar-refractivity contribution is 5.80. The largest absolute Gasteiger partial charge is 0.426 e. The average Bonchev–Trinajstić information content (AvgIpc) is 2.50. The first-order valence-electron chi connectivity index (χ1n) is 7.09. The Morgan fingerprint density at radius 3 is 1.45 bits per heavy atom. The van der Waals surface area contributed by atoms with E-state index in [0.29, 0.717) is 11.5 Å². The molecule has 0 amide bonds. The first kappa shape index (κ1) is 15.8. The number of carbonyl (C=O) groups is 2. The van der Waals surface area contributed by atoms with Gasteiger partial charge in [-0.2, -0.15) is 0 Å². The summed E-state index contributed by atoms with van der Waals surface area (Å²) in [6.45, 7) is 3.71. The van der Waals surface area contributed by atoms with Gasteiger partial charge in [0.1, 0.15) is 11.5 Å². The van der Waals surface area contributed by atoms with Crippen LogP contribution in [-0.4, -0.2) is 11.9 Å². The number of ether oxygens (including phenoxy) is 2. The fraction of sp³-hybridized carbons (Fsp3) is 0.222. The molecule has 4 heteroatoms. The molecule has 0 aliphatic rings. The number of esters is 2. The molecule has 0 atom stereocenters. The summed E-state index contributed by atoms with van der Waals surface area (Å²) in [5.41, 5.74) is 1.75. The first-order chi connectivity index (χ1) is 10.6. The lowest BCUT2D eigenvalue weighted by atomic mass is 10.2. The SMILES string of the molecule is Cc1ccccc1OC(=O)CCC(=O)Oc1ccccc1C. The van der Waals surface area contributed by atoms with Gasteiger partial charge >= 0.3 is 11.9 Å². The molecular weight excluding hydrogens is 280 g/mol. The number of hydrogen-bond acceptors (Lipinski definition) is 4. The van der Waals surface area contributed by atoms with Crippen molar-refractivity contribution in [2.24, 2.45) is 0 Å². The molecule has 2 rings (SSSR count). The van der Waals surface area contributed by atoms with Crippen molar-refractivity contribution >= 4 is 11.9 Å². The lowest BCUT2D eigenvalue weighted by Gasteiger charge is -2.08. The molecule has 0 N–H and O–H groups in total. The normalized spacial score (nSPS) is 10.1. The maximum absolute atomic E-state index is 11.8. The fourth-order valence-electron chi connectivity index (χ4n) is 1.89. The molecular formula is C18H18O4. The minimum Gasteiger partial charge on any atom is -0.426 e. The van der Waals surface area contributed by atoms with Crippen LogP contribution in [0.2, 0.25) is 0 Å².